The van der Waals surface area contributed by atoms with Gasteiger partial charge in [-0.1, -0.05) is 41.4 Å². The molecule has 0 fully saturated rings. The van der Waals surface area contributed by atoms with Crippen molar-refractivity contribution in [3.63, 3.8) is 0 Å². The quantitative estimate of drug-likeness (QED) is 0.459. The Morgan fingerprint density at radius 3 is 2.35 bits per heavy atom. The average molecular weight is 384 g/mol. The van der Waals surface area contributed by atoms with Crippen molar-refractivity contribution in [1.29, 1.82) is 0 Å². The van der Waals surface area contributed by atoms with Crippen LogP contribution in [0.3, 0.4) is 0 Å². The molecule has 0 aliphatic carbocycles. The summed E-state index contributed by atoms with van der Waals surface area (Å²) in [5, 5.41) is 11.1. The maximum Gasteiger partial charge on any atom is 0.336 e. The zero-order valence-corrected chi connectivity index (χ0v) is 14.8. The normalized spacial score (nSPS) is 11.0. The van der Waals surface area contributed by atoms with E-state index in [4.69, 9.17) is 27.6 Å². The second-order valence-electron chi connectivity index (χ2n) is 5.70. The highest BCUT2D eigenvalue weighted by Gasteiger charge is 2.15. The topological polar surface area (TPSA) is 63.3 Å². The van der Waals surface area contributed by atoms with E-state index in [1.54, 1.807) is 48.5 Å². The predicted molar refractivity (Wildman–Crippen MR) is 102 cm³/mol. The molecule has 128 valence electrons. The Hall–Kier alpha value is -2.82. The van der Waals surface area contributed by atoms with Crippen LogP contribution < -0.4 is 0 Å². The molecule has 0 radical (unpaired) electrons. The summed E-state index contributed by atoms with van der Waals surface area (Å²) in [6.45, 7) is 0. The van der Waals surface area contributed by atoms with E-state index in [0.29, 0.717) is 38.2 Å². The van der Waals surface area contributed by atoms with Crippen LogP contribution in [0.1, 0.15) is 10.4 Å². The summed E-state index contributed by atoms with van der Waals surface area (Å²) < 4.78 is 5.88. The fraction of sp³-hybridized carbons (Fsp3) is 0. The molecule has 1 N–H and O–H groups in total. The van der Waals surface area contributed by atoms with Gasteiger partial charge in [-0.2, -0.15) is 0 Å². The number of hydrogen-bond acceptors (Lipinski definition) is 3. The van der Waals surface area contributed by atoms with Gasteiger partial charge in [-0.3, -0.25) is 0 Å². The predicted octanol–water partition coefficient (Wildman–Crippen LogP) is 6.17. The van der Waals surface area contributed by atoms with Gasteiger partial charge in [0.25, 0.3) is 0 Å². The van der Waals surface area contributed by atoms with E-state index in [1.807, 2.05) is 6.07 Å². The fourth-order valence-corrected chi connectivity index (χ4v) is 3.33. The third kappa shape index (κ3) is 3.05. The molecule has 2 heterocycles. The highest BCUT2D eigenvalue weighted by atomic mass is 35.5. The molecule has 4 rings (SSSR count). The third-order valence-electron chi connectivity index (χ3n) is 3.95. The minimum absolute atomic E-state index is 0.175. The molecule has 0 aliphatic heterocycles. The number of carbonyl (C=O) groups is 1. The van der Waals surface area contributed by atoms with E-state index in [-0.39, 0.29) is 5.56 Å². The molecule has 6 heteroatoms. The Morgan fingerprint density at radius 2 is 1.62 bits per heavy atom. The van der Waals surface area contributed by atoms with Gasteiger partial charge in [-0.05, 0) is 42.5 Å². The molecule has 0 atom stereocenters. The number of pyridine rings is 1. The number of para-hydroxylation sites is 1. The molecule has 0 spiro atoms. The Balaban J connectivity index is 1.84. The van der Waals surface area contributed by atoms with Crippen molar-refractivity contribution in [2.45, 2.75) is 0 Å². The first kappa shape index (κ1) is 16.6. The van der Waals surface area contributed by atoms with Gasteiger partial charge in [-0.25, -0.2) is 9.78 Å². The van der Waals surface area contributed by atoms with Gasteiger partial charge in [0.2, 0.25) is 0 Å². The number of aromatic carboxylic acids is 1. The summed E-state index contributed by atoms with van der Waals surface area (Å²) in [4.78, 5) is 16.1. The number of rotatable bonds is 3. The molecule has 0 unspecified atom stereocenters. The summed E-state index contributed by atoms with van der Waals surface area (Å²) in [7, 11) is 0. The second-order valence-corrected chi connectivity index (χ2v) is 6.57. The highest BCUT2D eigenvalue weighted by molar-refractivity contribution is 6.35. The largest absolute Gasteiger partial charge is 0.478 e. The lowest BCUT2D eigenvalue weighted by molar-refractivity contribution is 0.0699. The zero-order valence-electron chi connectivity index (χ0n) is 13.2. The first-order valence-electron chi connectivity index (χ1n) is 7.71. The number of carboxylic acids is 1. The molecule has 0 saturated carbocycles. The van der Waals surface area contributed by atoms with Crippen LogP contribution in [-0.2, 0) is 0 Å². The van der Waals surface area contributed by atoms with Gasteiger partial charge in [0.15, 0.2) is 5.76 Å². The van der Waals surface area contributed by atoms with Crippen LogP contribution in [-0.4, -0.2) is 16.1 Å². The van der Waals surface area contributed by atoms with E-state index in [9.17, 15) is 9.90 Å². The van der Waals surface area contributed by atoms with Crippen molar-refractivity contribution in [3.8, 4) is 22.8 Å². The molecule has 0 aliphatic rings. The van der Waals surface area contributed by atoms with E-state index in [0.717, 1.165) is 5.56 Å². The average Bonchev–Trinajstić information content (AvgIpc) is 3.10. The molecular weight excluding hydrogens is 373 g/mol. The van der Waals surface area contributed by atoms with Gasteiger partial charge in [0, 0.05) is 21.0 Å². The van der Waals surface area contributed by atoms with Gasteiger partial charge < -0.3 is 9.52 Å². The van der Waals surface area contributed by atoms with E-state index in [1.165, 1.54) is 6.07 Å². The van der Waals surface area contributed by atoms with Crippen LogP contribution in [0.25, 0.3) is 33.7 Å². The molecular formula is C20H11Cl2NO3. The van der Waals surface area contributed by atoms with Gasteiger partial charge in [0.1, 0.15) is 11.5 Å². The highest BCUT2D eigenvalue weighted by Crippen LogP contribution is 2.32. The molecule has 2 aromatic carbocycles. The maximum atomic E-state index is 11.6. The summed E-state index contributed by atoms with van der Waals surface area (Å²) in [6.07, 6.45) is 0. The van der Waals surface area contributed by atoms with Crippen molar-refractivity contribution in [2.24, 2.45) is 0 Å². The van der Waals surface area contributed by atoms with Crippen LogP contribution in [0, 0.1) is 0 Å². The van der Waals surface area contributed by atoms with E-state index >= 15 is 0 Å². The van der Waals surface area contributed by atoms with Crippen molar-refractivity contribution in [1.82, 2.24) is 4.98 Å². The third-order valence-corrected chi connectivity index (χ3v) is 4.39. The molecule has 2 aromatic heterocycles. The minimum Gasteiger partial charge on any atom is -0.478 e. The fourth-order valence-electron chi connectivity index (χ4n) is 2.81. The number of furan rings is 1. The molecule has 0 bridgehead atoms. The number of carboxylic acid groups (broad SMARTS) is 1. The molecule has 0 amide bonds. The Labute approximate surface area is 158 Å². The summed E-state index contributed by atoms with van der Waals surface area (Å²) in [5.41, 5.74) is 1.94. The van der Waals surface area contributed by atoms with Crippen molar-refractivity contribution in [3.05, 3.63) is 76.3 Å². The molecule has 26 heavy (non-hydrogen) atoms. The standard InChI is InChI=1S/C20H11Cl2NO3/c21-12-7-11(8-13(22)9-12)18-5-6-19(26-18)17-10-15(20(24)25)14-3-1-2-4-16(14)23-17/h1-10H,(H,24,25). The molecule has 0 saturated heterocycles. The van der Waals surface area contributed by atoms with Crippen molar-refractivity contribution in [2.75, 3.05) is 0 Å². The SMILES string of the molecule is O=C(O)c1cc(-c2ccc(-c3cc(Cl)cc(Cl)c3)o2)nc2ccccc12. The molecule has 4 aromatic rings. The smallest absolute Gasteiger partial charge is 0.336 e. The Morgan fingerprint density at radius 1 is 0.923 bits per heavy atom. The number of nitrogens with zero attached hydrogens (tertiary/aromatic N) is 1. The second kappa shape index (κ2) is 6.48. The molecule has 4 nitrogen and oxygen atoms in total. The van der Waals surface area contributed by atoms with Gasteiger partial charge in [-0.15, -0.1) is 0 Å². The first-order valence-corrected chi connectivity index (χ1v) is 8.46. The summed E-state index contributed by atoms with van der Waals surface area (Å²) in [6, 6.07) is 17.2. The lowest BCUT2D eigenvalue weighted by Gasteiger charge is -2.05. The number of halogens is 2. The van der Waals surface area contributed by atoms with E-state index < -0.39 is 5.97 Å². The van der Waals surface area contributed by atoms with Crippen molar-refractivity contribution < 1.29 is 14.3 Å². The number of aromatic nitrogens is 1. The lowest BCUT2D eigenvalue weighted by Crippen LogP contribution is -1.99. The van der Waals surface area contributed by atoms with Gasteiger partial charge >= 0.3 is 5.97 Å². The van der Waals surface area contributed by atoms with Crippen molar-refractivity contribution >= 4 is 40.1 Å². The maximum absolute atomic E-state index is 11.6. The Kier molecular flexibility index (Phi) is 4.15. The first-order chi connectivity index (χ1) is 12.5. The van der Waals surface area contributed by atoms with Crippen LogP contribution in [0.4, 0.5) is 0 Å². The Bertz CT molecular complexity index is 1130. The van der Waals surface area contributed by atoms with Crippen LogP contribution in [0.5, 0.6) is 0 Å². The van der Waals surface area contributed by atoms with Crippen LogP contribution in [0.2, 0.25) is 10.0 Å². The summed E-state index contributed by atoms with van der Waals surface area (Å²) >= 11 is 12.1. The number of benzene rings is 2. The number of hydrogen-bond donors (Lipinski definition) is 1. The number of fused-ring (bicyclic) bond motifs is 1. The van der Waals surface area contributed by atoms with E-state index in [2.05, 4.69) is 4.98 Å². The van der Waals surface area contributed by atoms with Crippen LogP contribution in [0.15, 0.2) is 65.1 Å². The monoisotopic (exact) mass is 383 g/mol. The van der Waals surface area contributed by atoms with Crippen LogP contribution >= 0.6 is 23.2 Å². The minimum atomic E-state index is -1.02. The zero-order chi connectivity index (χ0) is 18.3. The summed E-state index contributed by atoms with van der Waals surface area (Å²) in [5.74, 6) is 0.0128. The lowest BCUT2D eigenvalue weighted by atomic mass is 10.1. The van der Waals surface area contributed by atoms with Gasteiger partial charge in [0.05, 0.1) is 11.1 Å².